The topological polar surface area (TPSA) is 33.6 Å². The molecule has 0 aromatic rings. The fourth-order valence-electron chi connectivity index (χ4n) is 1.25. The van der Waals surface area contributed by atoms with Crippen LogP contribution in [-0.2, 0) is 4.74 Å². The molecule has 1 aliphatic rings. The van der Waals surface area contributed by atoms with Gasteiger partial charge in [0.1, 0.15) is 0 Å². The van der Waals surface area contributed by atoms with Crippen LogP contribution in [-0.4, -0.2) is 32.1 Å². The number of hydrogen-bond acceptors (Lipinski definition) is 3. The van der Waals surface area contributed by atoms with Crippen LogP contribution in [0.2, 0.25) is 0 Å². The molecule has 0 radical (unpaired) electrons. The minimum atomic E-state index is 0.787. The first-order valence-corrected chi connectivity index (χ1v) is 4.78. The number of amidine groups is 1. The SMILES string of the molecule is CCOCCNC1=NCCCC1. The average molecular weight is 170 g/mol. The maximum absolute atomic E-state index is 5.21. The van der Waals surface area contributed by atoms with Crippen molar-refractivity contribution in [3.05, 3.63) is 0 Å². The molecule has 0 aromatic heterocycles. The molecule has 3 heteroatoms. The van der Waals surface area contributed by atoms with Gasteiger partial charge < -0.3 is 10.1 Å². The molecule has 0 amide bonds. The molecule has 1 N–H and O–H groups in total. The molecule has 0 fully saturated rings. The van der Waals surface area contributed by atoms with E-state index < -0.39 is 0 Å². The highest BCUT2D eigenvalue weighted by molar-refractivity contribution is 5.82. The second kappa shape index (κ2) is 6.00. The Labute approximate surface area is 74.2 Å². The van der Waals surface area contributed by atoms with E-state index in [1.54, 1.807) is 0 Å². The lowest BCUT2D eigenvalue weighted by molar-refractivity contribution is 0.152. The fraction of sp³-hybridized carbons (Fsp3) is 0.889. The van der Waals surface area contributed by atoms with E-state index in [9.17, 15) is 0 Å². The van der Waals surface area contributed by atoms with Gasteiger partial charge in [0.05, 0.1) is 12.4 Å². The van der Waals surface area contributed by atoms with Gasteiger partial charge in [0.15, 0.2) is 0 Å². The lowest BCUT2D eigenvalue weighted by Crippen LogP contribution is -2.29. The van der Waals surface area contributed by atoms with Crippen molar-refractivity contribution in [1.29, 1.82) is 0 Å². The molecule has 0 aliphatic carbocycles. The van der Waals surface area contributed by atoms with E-state index in [1.165, 1.54) is 18.7 Å². The Morgan fingerprint density at radius 3 is 3.08 bits per heavy atom. The van der Waals surface area contributed by atoms with Crippen molar-refractivity contribution in [1.82, 2.24) is 5.32 Å². The fourth-order valence-corrected chi connectivity index (χ4v) is 1.25. The second-order valence-electron chi connectivity index (χ2n) is 2.91. The first kappa shape index (κ1) is 9.52. The second-order valence-corrected chi connectivity index (χ2v) is 2.91. The zero-order chi connectivity index (χ0) is 8.65. The smallest absolute Gasteiger partial charge is 0.0963 e. The molecule has 1 heterocycles. The summed E-state index contributed by atoms with van der Waals surface area (Å²) in [6.45, 7) is 5.49. The molecule has 0 atom stereocenters. The van der Waals surface area contributed by atoms with Gasteiger partial charge in [-0.05, 0) is 19.8 Å². The minimum Gasteiger partial charge on any atom is -0.380 e. The highest BCUT2D eigenvalue weighted by atomic mass is 16.5. The standard InChI is InChI=1S/C9H18N2O/c1-2-12-8-7-11-9-5-3-4-6-10-9/h2-8H2,1H3,(H,10,11). The number of ether oxygens (including phenoxy) is 1. The Bertz CT molecular complexity index is 145. The van der Waals surface area contributed by atoms with Crippen molar-refractivity contribution in [2.75, 3.05) is 26.3 Å². The van der Waals surface area contributed by atoms with Crippen LogP contribution in [0.4, 0.5) is 0 Å². The van der Waals surface area contributed by atoms with Gasteiger partial charge in [-0.2, -0.15) is 0 Å². The molecule has 3 nitrogen and oxygen atoms in total. The zero-order valence-corrected chi connectivity index (χ0v) is 7.81. The van der Waals surface area contributed by atoms with Crippen LogP contribution in [0.1, 0.15) is 26.2 Å². The number of rotatable bonds is 4. The van der Waals surface area contributed by atoms with Crippen LogP contribution in [0, 0.1) is 0 Å². The lowest BCUT2D eigenvalue weighted by Gasteiger charge is -2.13. The van der Waals surface area contributed by atoms with Crippen LogP contribution in [0.5, 0.6) is 0 Å². The Morgan fingerprint density at radius 1 is 1.50 bits per heavy atom. The molecule has 0 spiro atoms. The number of hydrogen-bond donors (Lipinski definition) is 1. The summed E-state index contributed by atoms with van der Waals surface area (Å²) < 4.78 is 5.21. The first-order valence-electron chi connectivity index (χ1n) is 4.78. The van der Waals surface area contributed by atoms with E-state index in [0.717, 1.165) is 32.7 Å². The molecule has 12 heavy (non-hydrogen) atoms. The van der Waals surface area contributed by atoms with Crippen molar-refractivity contribution >= 4 is 5.84 Å². The minimum absolute atomic E-state index is 0.787. The maximum Gasteiger partial charge on any atom is 0.0963 e. The van der Waals surface area contributed by atoms with Crippen LogP contribution >= 0.6 is 0 Å². The monoisotopic (exact) mass is 170 g/mol. The van der Waals surface area contributed by atoms with Crippen molar-refractivity contribution in [2.45, 2.75) is 26.2 Å². The van der Waals surface area contributed by atoms with Crippen molar-refractivity contribution in [2.24, 2.45) is 4.99 Å². The predicted octanol–water partition coefficient (Wildman–Crippen LogP) is 1.19. The molecule has 1 aliphatic heterocycles. The van der Waals surface area contributed by atoms with Crippen molar-refractivity contribution in [3.8, 4) is 0 Å². The molecule has 0 saturated carbocycles. The zero-order valence-electron chi connectivity index (χ0n) is 7.81. The highest BCUT2D eigenvalue weighted by Gasteiger charge is 2.02. The molecule has 0 saturated heterocycles. The summed E-state index contributed by atoms with van der Waals surface area (Å²) in [5.41, 5.74) is 0. The van der Waals surface area contributed by atoms with E-state index in [-0.39, 0.29) is 0 Å². The summed E-state index contributed by atoms with van der Waals surface area (Å²) in [5.74, 6) is 1.17. The third kappa shape index (κ3) is 3.72. The first-order chi connectivity index (χ1) is 5.93. The quantitative estimate of drug-likeness (QED) is 0.643. The highest BCUT2D eigenvalue weighted by Crippen LogP contribution is 2.03. The maximum atomic E-state index is 5.21. The third-order valence-electron chi connectivity index (χ3n) is 1.90. The van der Waals surface area contributed by atoms with Gasteiger partial charge in [0, 0.05) is 26.1 Å². The van der Waals surface area contributed by atoms with E-state index >= 15 is 0 Å². The molecule has 0 bridgehead atoms. The van der Waals surface area contributed by atoms with Gasteiger partial charge in [-0.3, -0.25) is 4.99 Å². The van der Waals surface area contributed by atoms with Gasteiger partial charge in [-0.15, -0.1) is 0 Å². The normalized spacial score (nSPS) is 17.2. The molecule has 70 valence electrons. The van der Waals surface area contributed by atoms with Gasteiger partial charge in [-0.1, -0.05) is 0 Å². The van der Waals surface area contributed by atoms with Gasteiger partial charge in [0.25, 0.3) is 0 Å². The van der Waals surface area contributed by atoms with E-state index in [1.807, 2.05) is 6.92 Å². The summed E-state index contributed by atoms with van der Waals surface area (Å²) in [6.07, 6.45) is 3.64. The number of nitrogens with one attached hydrogen (secondary N) is 1. The Hall–Kier alpha value is -0.570. The van der Waals surface area contributed by atoms with Crippen molar-refractivity contribution < 1.29 is 4.74 Å². The van der Waals surface area contributed by atoms with E-state index in [2.05, 4.69) is 10.3 Å². The van der Waals surface area contributed by atoms with Gasteiger partial charge >= 0.3 is 0 Å². The summed E-state index contributed by atoms with van der Waals surface area (Å²) in [5, 5.41) is 3.28. The van der Waals surface area contributed by atoms with Crippen LogP contribution in [0.15, 0.2) is 4.99 Å². The lowest BCUT2D eigenvalue weighted by atomic mass is 10.2. The van der Waals surface area contributed by atoms with Crippen LogP contribution in [0.3, 0.4) is 0 Å². The summed E-state index contributed by atoms with van der Waals surface area (Å²) in [7, 11) is 0. The number of nitrogens with zero attached hydrogens (tertiary/aromatic N) is 1. The number of aliphatic imine (C=N–C) groups is 1. The summed E-state index contributed by atoms with van der Waals surface area (Å²) in [4.78, 5) is 4.38. The average Bonchev–Trinajstić information content (AvgIpc) is 2.14. The van der Waals surface area contributed by atoms with Gasteiger partial charge in [0.2, 0.25) is 0 Å². The van der Waals surface area contributed by atoms with Gasteiger partial charge in [-0.25, -0.2) is 0 Å². The van der Waals surface area contributed by atoms with Crippen LogP contribution in [0.25, 0.3) is 0 Å². The van der Waals surface area contributed by atoms with Crippen molar-refractivity contribution in [3.63, 3.8) is 0 Å². The molecule has 0 aromatic carbocycles. The van der Waals surface area contributed by atoms with E-state index in [0.29, 0.717) is 0 Å². The largest absolute Gasteiger partial charge is 0.380 e. The van der Waals surface area contributed by atoms with Crippen LogP contribution < -0.4 is 5.32 Å². The Balaban J connectivity index is 2.01. The predicted molar refractivity (Wildman–Crippen MR) is 50.6 cm³/mol. The summed E-state index contributed by atoms with van der Waals surface area (Å²) in [6, 6.07) is 0. The molecule has 1 rings (SSSR count). The Kier molecular flexibility index (Phi) is 4.76. The summed E-state index contributed by atoms with van der Waals surface area (Å²) >= 11 is 0. The molecular weight excluding hydrogens is 152 g/mol. The van der Waals surface area contributed by atoms with E-state index in [4.69, 9.17) is 4.74 Å². The Morgan fingerprint density at radius 2 is 2.42 bits per heavy atom. The molecule has 0 unspecified atom stereocenters. The third-order valence-corrected chi connectivity index (χ3v) is 1.90. The molecular formula is C9H18N2O.